The van der Waals surface area contributed by atoms with Gasteiger partial charge in [0.2, 0.25) is 11.8 Å². The molecule has 7 heteroatoms. The molecule has 2 amide bonds. The Kier molecular flexibility index (Phi) is 7.65. The lowest BCUT2D eigenvalue weighted by Crippen LogP contribution is -2.41. The number of carbonyl (C=O) groups is 2. The van der Waals surface area contributed by atoms with E-state index in [1.165, 1.54) is 4.90 Å². The first-order valence-electron chi connectivity index (χ1n) is 10.2. The fourth-order valence-corrected chi connectivity index (χ4v) is 3.47. The van der Waals surface area contributed by atoms with Crippen molar-refractivity contribution in [3.05, 3.63) is 101 Å². The highest BCUT2D eigenvalue weighted by Crippen LogP contribution is 2.27. The van der Waals surface area contributed by atoms with Crippen LogP contribution in [0, 0.1) is 17.5 Å². The molecule has 0 unspecified atom stereocenters. The van der Waals surface area contributed by atoms with Gasteiger partial charge in [0, 0.05) is 6.54 Å². The Morgan fingerprint density at radius 2 is 1.41 bits per heavy atom. The predicted molar refractivity (Wildman–Crippen MR) is 117 cm³/mol. The molecular formula is C25H23F3N2O2. The highest BCUT2D eigenvalue weighted by molar-refractivity contribution is 5.96. The van der Waals surface area contributed by atoms with Gasteiger partial charge >= 0.3 is 0 Å². The van der Waals surface area contributed by atoms with E-state index in [0.29, 0.717) is 13.0 Å². The molecule has 0 aliphatic carbocycles. The number of benzene rings is 3. The number of rotatable bonds is 8. The Morgan fingerprint density at radius 3 is 1.94 bits per heavy atom. The predicted octanol–water partition coefficient (Wildman–Crippen LogP) is 5.11. The first-order chi connectivity index (χ1) is 15.4. The minimum Gasteiger partial charge on any atom is -0.333 e. The van der Waals surface area contributed by atoms with Crippen molar-refractivity contribution >= 4 is 17.5 Å². The average molecular weight is 440 g/mol. The second kappa shape index (κ2) is 10.6. The molecule has 166 valence electrons. The Balaban J connectivity index is 1.85. The van der Waals surface area contributed by atoms with Gasteiger partial charge in [0.05, 0.1) is 18.2 Å². The third-order valence-corrected chi connectivity index (χ3v) is 4.96. The second-order valence-electron chi connectivity index (χ2n) is 7.29. The topological polar surface area (TPSA) is 49.4 Å². The van der Waals surface area contributed by atoms with Crippen LogP contribution in [0.25, 0.3) is 0 Å². The summed E-state index contributed by atoms with van der Waals surface area (Å²) < 4.78 is 40.5. The second-order valence-corrected chi connectivity index (χ2v) is 7.29. The van der Waals surface area contributed by atoms with Crippen LogP contribution < -0.4 is 5.32 Å². The standard InChI is InChI=1S/C25H23F3N2O2/c1-2-15-30(16-21(31)29-20-14-13-19(26)23(27)24(20)28)25(32)22(17-9-5-3-6-10-17)18-11-7-4-8-12-18/h3-14,22H,2,15-16H2,1H3,(H,29,31). The Bertz CT molecular complexity index is 1040. The van der Waals surface area contributed by atoms with Gasteiger partial charge in [0.15, 0.2) is 17.5 Å². The summed E-state index contributed by atoms with van der Waals surface area (Å²) >= 11 is 0. The molecule has 0 heterocycles. The van der Waals surface area contributed by atoms with Crippen molar-refractivity contribution in [3.63, 3.8) is 0 Å². The summed E-state index contributed by atoms with van der Waals surface area (Å²) in [4.78, 5) is 27.5. The number of anilines is 1. The number of hydrogen-bond donors (Lipinski definition) is 1. The van der Waals surface area contributed by atoms with E-state index in [1.54, 1.807) is 0 Å². The summed E-state index contributed by atoms with van der Waals surface area (Å²) in [5.74, 6) is -6.13. The van der Waals surface area contributed by atoms with E-state index in [9.17, 15) is 22.8 Å². The van der Waals surface area contributed by atoms with Gasteiger partial charge in [-0.15, -0.1) is 0 Å². The number of halogens is 3. The SMILES string of the molecule is CCCN(CC(=O)Nc1ccc(F)c(F)c1F)C(=O)C(c1ccccc1)c1ccccc1. The minimum atomic E-state index is -1.67. The number of nitrogens with one attached hydrogen (secondary N) is 1. The van der Waals surface area contributed by atoms with Crippen LogP contribution >= 0.6 is 0 Å². The molecule has 0 aliphatic rings. The zero-order valence-corrected chi connectivity index (χ0v) is 17.5. The molecule has 3 aromatic rings. The number of amides is 2. The molecule has 0 aliphatic heterocycles. The molecule has 3 aromatic carbocycles. The molecule has 1 N–H and O–H groups in total. The molecule has 4 nitrogen and oxygen atoms in total. The van der Waals surface area contributed by atoms with Gasteiger partial charge in [-0.2, -0.15) is 0 Å². The first kappa shape index (κ1) is 23.1. The van der Waals surface area contributed by atoms with E-state index in [-0.39, 0.29) is 12.5 Å². The summed E-state index contributed by atoms with van der Waals surface area (Å²) in [5, 5.41) is 2.23. The fourth-order valence-electron chi connectivity index (χ4n) is 3.47. The van der Waals surface area contributed by atoms with Crippen LogP contribution in [0.2, 0.25) is 0 Å². The molecule has 0 bridgehead atoms. The van der Waals surface area contributed by atoms with Crippen LogP contribution in [0.5, 0.6) is 0 Å². The molecule has 0 saturated heterocycles. The number of hydrogen-bond acceptors (Lipinski definition) is 2. The van der Waals surface area contributed by atoms with Gasteiger partial charge in [-0.25, -0.2) is 13.2 Å². The van der Waals surface area contributed by atoms with Crippen molar-refractivity contribution in [2.24, 2.45) is 0 Å². The molecule has 0 fully saturated rings. The summed E-state index contributed by atoms with van der Waals surface area (Å²) in [6.07, 6.45) is 0.592. The van der Waals surface area contributed by atoms with Gasteiger partial charge in [0.25, 0.3) is 0 Å². The average Bonchev–Trinajstić information content (AvgIpc) is 2.81. The van der Waals surface area contributed by atoms with Crippen molar-refractivity contribution in [1.29, 1.82) is 0 Å². The van der Waals surface area contributed by atoms with Crippen LogP contribution in [-0.4, -0.2) is 29.8 Å². The van der Waals surface area contributed by atoms with Gasteiger partial charge in [-0.3, -0.25) is 9.59 Å². The Labute approximate surface area is 184 Å². The van der Waals surface area contributed by atoms with Gasteiger partial charge < -0.3 is 10.2 Å². The van der Waals surface area contributed by atoms with Crippen LogP contribution in [0.3, 0.4) is 0 Å². The quantitative estimate of drug-likeness (QED) is 0.495. The van der Waals surface area contributed by atoms with Crippen LogP contribution in [0.15, 0.2) is 72.8 Å². The smallest absolute Gasteiger partial charge is 0.244 e. The van der Waals surface area contributed by atoms with E-state index in [1.807, 2.05) is 67.6 Å². The van der Waals surface area contributed by atoms with Crippen molar-refractivity contribution in [2.75, 3.05) is 18.4 Å². The van der Waals surface area contributed by atoms with Crippen LogP contribution in [0.4, 0.5) is 18.9 Å². The lowest BCUT2D eigenvalue weighted by molar-refractivity contribution is -0.135. The highest BCUT2D eigenvalue weighted by atomic mass is 19.2. The maximum absolute atomic E-state index is 13.9. The zero-order chi connectivity index (χ0) is 23.1. The van der Waals surface area contributed by atoms with Crippen LogP contribution in [-0.2, 0) is 9.59 Å². The Hall–Kier alpha value is -3.61. The summed E-state index contributed by atoms with van der Waals surface area (Å²) in [6, 6.07) is 20.1. The lowest BCUT2D eigenvalue weighted by atomic mass is 9.90. The van der Waals surface area contributed by atoms with E-state index in [4.69, 9.17) is 0 Å². The lowest BCUT2D eigenvalue weighted by Gasteiger charge is -2.27. The van der Waals surface area contributed by atoms with E-state index >= 15 is 0 Å². The van der Waals surface area contributed by atoms with Crippen LogP contribution in [0.1, 0.15) is 30.4 Å². The molecule has 0 aromatic heterocycles. The molecule has 0 spiro atoms. The maximum atomic E-state index is 13.9. The highest BCUT2D eigenvalue weighted by Gasteiger charge is 2.28. The minimum absolute atomic E-state index is 0.287. The maximum Gasteiger partial charge on any atom is 0.244 e. The molecule has 0 saturated carbocycles. The third kappa shape index (κ3) is 5.35. The Morgan fingerprint density at radius 1 is 0.844 bits per heavy atom. The van der Waals surface area contributed by atoms with Gasteiger partial charge in [-0.1, -0.05) is 67.6 Å². The molecule has 0 radical (unpaired) electrons. The monoisotopic (exact) mass is 440 g/mol. The third-order valence-electron chi connectivity index (χ3n) is 4.96. The van der Waals surface area contributed by atoms with Crippen molar-refractivity contribution in [1.82, 2.24) is 4.90 Å². The van der Waals surface area contributed by atoms with E-state index in [0.717, 1.165) is 23.3 Å². The van der Waals surface area contributed by atoms with E-state index in [2.05, 4.69) is 5.32 Å². The summed E-state index contributed by atoms with van der Waals surface area (Å²) in [6.45, 7) is 1.80. The molecule has 0 atom stereocenters. The summed E-state index contributed by atoms with van der Waals surface area (Å²) in [7, 11) is 0. The summed E-state index contributed by atoms with van der Waals surface area (Å²) in [5.41, 5.74) is 1.06. The molecule has 32 heavy (non-hydrogen) atoms. The van der Waals surface area contributed by atoms with Crippen molar-refractivity contribution in [3.8, 4) is 0 Å². The van der Waals surface area contributed by atoms with E-state index < -0.39 is 35.0 Å². The first-order valence-corrected chi connectivity index (χ1v) is 10.2. The van der Waals surface area contributed by atoms with Gasteiger partial charge in [0.1, 0.15) is 0 Å². The fraction of sp³-hybridized carbons (Fsp3) is 0.200. The van der Waals surface area contributed by atoms with Gasteiger partial charge in [-0.05, 0) is 29.7 Å². The zero-order valence-electron chi connectivity index (χ0n) is 17.5. The normalized spacial score (nSPS) is 10.8. The number of nitrogens with zero attached hydrogens (tertiary/aromatic N) is 1. The largest absolute Gasteiger partial charge is 0.333 e. The number of carbonyl (C=O) groups excluding carboxylic acids is 2. The molecular weight excluding hydrogens is 417 g/mol. The molecule has 3 rings (SSSR count). The van der Waals surface area contributed by atoms with Crippen molar-refractivity contribution < 1.29 is 22.8 Å². The van der Waals surface area contributed by atoms with Crippen molar-refractivity contribution in [2.45, 2.75) is 19.3 Å².